The molecule has 0 aromatic heterocycles. The monoisotopic (exact) mass is 362 g/mol. The minimum Gasteiger partial charge on any atom is -0.321 e. The maximum atomic E-state index is 12.4. The molecule has 24 heavy (non-hydrogen) atoms. The van der Waals surface area contributed by atoms with Crippen LogP contribution in [0.1, 0.15) is 35.2 Å². The maximum Gasteiger partial charge on any atom is 0.255 e. The third-order valence-corrected chi connectivity index (χ3v) is 5.09. The first-order valence-corrected chi connectivity index (χ1v) is 8.96. The van der Waals surface area contributed by atoms with Gasteiger partial charge in [0, 0.05) is 12.1 Å². The van der Waals surface area contributed by atoms with E-state index in [0.717, 1.165) is 19.6 Å². The Bertz CT molecular complexity index is 710. The SMILES string of the molecule is O=C(Nc1cccc(Cl)c1Cl)c1ccc(CN2CCCCC2)cc1. The van der Waals surface area contributed by atoms with E-state index < -0.39 is 0 Å². The number of benzene rings is 2. The number of nitrogens with zero attached hydrogens (tertiary/aromatic N) is 1. The summed E-state index contributed by atoms with van der Waals surface area (Å²) in [5, 5.41) is 3.58. The number of hydrogen-bond donors (Lipinski definition) is 1. The van der Waals surface area contributed by atoms with Gasteiger partial charge in [0.05, 0.1) is 15.7 Å². The molecule has 0 aliphatic carbocycles. The molecule has 1 aliphatic heterocycles. The molecule has 5 heteroatoms. The molecule has 1 amide bonds. The molecular formula is C19H20Cl2N2O. The number of likely N-dealkylation sites (tertiary alicyclic amines) is 1. The minimum atomic E-state index is -0.191. The number of rotatable bonds is 4. The smallest absolute Gasteiger partial charge is 0.255 e. The first-order valence-electron chi connectivity index (χ1n) is 8.20. The van der Waals surface area contributed by atoms with E-state index in [1.165, 1.54) is 24.8 Å². The van der Waals surface area contributed by atoms with Crippen LogP contribution in [0.3, 0.4) is 0 Å². The largest absolute Gasteiger partial charge is 0.321 e. The Morgan fingerprint density at radius 1 is 1.00 bits per heavy atom. The summed E-state index contributed by atoms with van der Waals surface area (Å²) >= 11 is 12.1. The van der Waals surface area contributed by atoms with Gasteiger partial charge < -0.3 is 5.32 Å². The molecule has 0 radical (unpaired) electrons. The highest BCUT2D eigenvalue weighted by molar-refractivity contribution is 6.44. The van der Waals surface area contributed by atoms with Crippen molar-refractivity contribution in [3.63, 3.8) is 0 Å². The molecule has 0 saturated carbocycles. The Morgan fingerprint density at radius 2 is 1.71 bits per heavy atom. The number of anilines is 1. The van der Waals surface area contributed by atoms with Crippen LogP contribution in [0.15, 0.2) is 42.5 Å². The van der Waals surface area contributed by atoms with Gasteiger partial charge >= 0.3 is 0 Å². The second-order valence-corrected chi connectivity index (χ2v) is 6.87. The number of halogens is 2. The van der Waals surface area contributed by atoms with Crippen LogP contribution in [0, 0.1) is 0 Å². The van der Waals surface area contributed by atoms with Crippen molar-refractivity contribution in [3.05, 3.63) is 63.6 Å². The first-order chi connectivity index (χ1) is 11.6. The molecule has 126 valence electrons. The lowest BCUT2D eigenvalue weighted by Crippen LogP contribution is -2.29. The Labute approximate surface area is 152 Å². The normalized spacial score (nSPS) is 15.2. The number of carbonyl (C=O) groups is 1. The number of hydrogen-bond acceptors (Lipinski definition) is 2. The lowest BCUT2D eigenvalue weighted by Gasteiger charge is -2.26. The zero-order chi connectivity index (χ0) is 16.9. The third kappa shape index (κ3) is 4.29. The fourth-order valence-corrected chi connectivity index (χ4v) is 3.28. The van der Waals surface area contributed by atoms with Crippen LogP contribution in [0.5, 0.6) is 0 Å². The van der Waals surface area contributed by atoms with E-state index in [1.54, 1.807) is 18.2 Å². The summed E-state index contributed by atoms with van der Waals surface area (Å²) in [6.45, 7) is 3.27. The fourth-order valence-electron chi connectivity index (χ4n) is 2.93. The molecular weight excluding hydrogens is 343 g/mol. The molecule has 1 fully saturated rings. The van der Waals surface area contributed by atoms with Crippen molar-refractivity contribution in [2.45, 2.75) is 25.8 Å². The molecule has 0 unspecified atom stereocenters. The highest BCUT2D eigenvalue weighted by Gasteiger charge is 2.12. The van der Waals surface area contributed by atoms with Crippen LogP contribution in [0.4, 0.5) is 5.69 Å². The summed E-state index contributed by atoms with van der Waals surface area (Å²) in [6.07, 6.45) is 3.89. The van der Waals surface area contributed by atoms with Crippen molar-refractivity contribution in [2.24, 2.45) is 0 Å². The maximum absolute atomic E-state index is 12.4. The van der Waals surface area contributed by atoms with Crippen molar-refractivity contribution in [1.82, 2.24) is 4.90 Å². The van der Waals surface area contributed by atoms with Gasteiger partial charge in [0.1, 0.15) is 0 Å². The molecule has 3 nitrogen and oxygen atoms in total. The minimum absolute atomic E-state index is 0.191. The molecule has 0 atom stereocenters. The highest BCUT2D eigenvalue weighted by Crippen LogP contribution is 2.29. The molecule has 0 spiro atoms. The van der Waals surface area contributed by atoms with Gasteiger partial charge in [-0.1, -0.05) is 47.8 Å². The summed E-state index contributed by atoms with van der Waals surface area (Å²) in [4.78, 5) is 14.8. The van der Waals surface area contributed by atoms with Crippen LogP contribution in [-0.2, 0) is 6.54 Å². The van der Waals surface area contributed by atoms with Gasteiger partial charge in [0.15, 0.2) is 0 Å². The standard InChI is InChI=1S/C19H20Cl2N2O/c20-16-5-4-6-17(18(16)21)22-19(24)15-9-7-14(8-10-15)13-23-11-2-1-3-12-23/h4-10H,1-3,11-13H2,(H,22,24). The van der Waals surface area contributed by atoms with Gasteiger partial charge in [-0.05, 0) is 55.8 Å². The average Bonchev–Trinajstić information content (AvgIpc) is 2.60. The zero-order valence-corrected chi connectivity index (χ0v) is 14.9. The molecule has 3 rings (SSSR count). The quantitative estimate of drug-likeness (QED) is 0.807. The van der Waals surface area contributed by atoms with E-state index in [9.17, 15) is 4.79 Å². The van der Waals surface area contributed by atoms with Crippen molar-refractivity contribution >= 4 is 34.8 Å². The molecule has 2 aromatic rings. The van der Waals surface area contributed by atoms with Crippen molar-refractivity contribution in [1.29, 1.82) is 0 Å². The lowest BCUT2D eigenvalue weighted by molar-refractivity contribution is 0.102. The van der Waals surface area contributed by atoms with E-state index in [2.05, 4.69) is 10.2 Å². The summed E-state index contributed by atoms with van der Waals surface area (Å²) in [7, 11) is 0. The van der Waals surface area contributed by atoms with E-state index in [4.69, 9.17) is 23.2 Å². The fraction of sp³-hybridized carbons (Fsp3) is 0.316. The first kappa shape index (κ1) is 17.3. The van der Waals surface area contributed by atoms with Gasteiger partial charge in [-0.25, -0.2) is 0 Å². The van der Waals surface area contributed by atoms with Gasteiger partial charge in [-0.2, -0.15) is 0 Å². The molecule has 1 N–H and O–H groups in total. The molecule has 0 bridgehead atoms. The predicted octanol–water partition coefficient (Wildman–Crippen LogP) is 5.23. The van der Waals surface area contributed by atoms with Crippen LogP contribution in [0.25, 0.3) is 0 Å². The summed E-state index contributed by atoms with van der Waals surface area (Å²) in [5.41, 5.74) is 2.36. The van der Waals surface area contributed by atoms with E-state index in [0.29, 0.717) is 21.3 Å². The van der Waals surface area contributed by atoms with E-state index >= 15 is 0 Å². The topological polar surface area (TPSA) is 32.3 Å². The molecule has 1 aliphatic rings. The van der Waals surface area contributed by atoms with Crippen LogP contribution < -0.4 is 5.32 Å². The third-order valence-electron chi connectivity index (χ3n) is 4.27. The van der Waals surface area contributed by atoms with Crippen molar-refractivity contribution in [3.8, 4) is 0 Å². The molecule has 2 aromatic carbocycles. The molecule has 1 heterocycles. The number of piperidine rings is 1. The van der Waals surface area contributed by atoms with Gasteiger partial charge in [0.2, 0.25) is 0 Å². The van der Waals surface area contributed by atoms with Crippen LogP contribution in [-0.4, -0.2) is 23.9 Å². The Morgan fingerprint density at radius 3 is 2.42 bits per heavy atom. The summed E-state index contributed by atoms with van der Waals surface area (Å²) in [6, 6.07) is 12.9. The Hall–Kier alpha value is -1.55. The van der Waals surface area contributed by atoms with Crippen LogP contribution >= 0.6 is 23.2 Å². The van der Waals surface area contributed by atoms with Gasteiger partial charge in [-0.15, -0.1) is 0 Å². The van der Waals surface area contributed by atoms with Crippen molar-refractivity contribution < 1.29 is 4.79 Å². The molecule has 1 saturated heterocycles. The number of amides is 1. The predicted molar refractivity (Wildman–Crippen MR) is 100.0 cm³/mol. The number of carbonyl (C=O) groups excluding carboxylic acids is 1. The average molecular weight is 363 g/mol. The summed E-state index contributed by atoms with van der Waals surface area (Å²) < 4.78 is 0. The Kier molecular flexibility index (Phi) is 5.77. The van der Waals surface area contributed by atoms with Gasteiger partial charge in [0.25, 0.3) is 5.91 Å². The van der Waals surface area contributed by atoms with Crippen molar-refractivity contribution in [2.75, 3.05) is 18.4 Å². The number of nitrogens with one attached hydrogen (secondary N) is 1. The zero-order valence-electron chi connectivity index (χ0n) is 13.4. The lowest BCUT2D eigenvalue weighted by atomic mass is 10.1. The second kappa shape index (κ2) is 8.02. The Balaban J connectivity index is 1.64. The van der Waals surface area contributed by atoms with Crippen LogP contribution in [0.2, 0.25) is 10.0 Å². The van der Waals surface area contributed by atoms with E-state index in [-0.39, 0.29) is 5.91 Å². The van der Waals surface area contributed by atoms with Gasteiger partial charge in [-0.3, -0.25) is 9.69 Å². The summed E-state index contributed by atoms with van der Waals surface area (Å²) in [5.74, 6) is -0.191. The van der Waals surface area contributed by atoms with E-state index in [1.807, 2.05) is 24.3 Å². The second-order valence-electron chi connectivity index (χ2n) is 6.09. The highest BCUT2D eigenvalue weighted by atomic mass is 35.5.